The van der Waals surface area contributed by atoms with Crippen LogP contribution < -0.4 is 0 Å². The SMILES string of the molecule is [3H]c1c([3H])c([3H])c(-c2ccc(I)cc2)c([3H])c1[3H]. The summed E-state index contributed by atoms with van der Waals surface area (Å²) in [5, 5.41) is 0. The first-order valence-corrected chi connectivity index (χ1v) is 4.84. The molecule has 0 bridgehead atoms. The molecule has 0 amide bonds. The van der Waals surface area contributed by atoms with Gasteiger partial charge >= 0.3 is 0 Å². The topological polar surface area (TPSA) is 0 Å². The quantitative estimate of drug-likeness (QED) is 0.697. The average Bonchev–Trinajstić information content (AvgIpc) is 2.36. The molecule has 2 aromatic rings. The van der Waals surface area contributed by atoms with Crippen molar-refractivity contribution in [2.24, 2.45) is 0 Å². The van der Waals surface area contributed by atoms with E-state index in [2.05, 4.69) is 22.6 Å². The van der Waals surface area contributed by atoms with Gasteiger partial charge in [-0.3, -0.25) is 0 Å². The van der Waals surface area contributed by atoms with Gasteiger partial charge in [0.05, 0.1) is 6.85 Å². The standard InChI is InChI=1S/C12H9I/c13-12-8-6-11(7-9-12)10-4-2-1-3-5-10/h1-9H/i1T,2T,3T,4T,5T. The van der Waals surface area contributed by atoms with Crippen LogP contribution in [0.2, 0.25) is 0 Å². The molecular weight excluding hydrogens is 271 g/mol. The lowest BCUT2D eigenvalue weighted by Gasteiger charge is -2.00. The number of rotatable bonds is 1. The van der Waals surface area contributed by atoms with Crippen molar-refractivity contribution in [2.75, 3.05) is 0 Å². The molecule has 0 radical (unpaired) electrons. The van der Waals surface area contributed by atoms with Crippen molar-refractivity contribution >= 4 is 22.6 Å². The van der Waals surface area contributed by atoms with Gasteiger partial charge in [-0.15, -0.1) is 0 Å². The third-order valence-electron chi connectivity index (χ3n) is 1.63. The lowest BCUT2D eigenvalue weighted by atomic mass is 10.1. The van der Waals surface area contributed by atoms with E-state index < -0.39 is 0 Å². The van der Waals surface area contributed by atoms with E-state index in [-0.39, 0.29) is 35.8 Å². The minimum absolute atomic E-state index is 0.165. The number of benzene rings is 2. The molecule has 0 heterocycles. The minimum atomic E-state index is -0.362. The zero-order chi connectivity index (χ0) is 13.4. The van der Waals surface area contributed by atoms with Gasteiger partial charge in [0, 0.05) is 3.57 Å². The second kappa shape index (κ2) is 3.92. The predicted molar refractivity (Wildman–Crippen MR) is 64.6 cm³/mol. The van der Waals surface area contributed by atoms with Crippen molar-refractivity contribution in [3.8, 4) is 11.1 Å². The summed E-state index contributed by atoms with van der Waals surface area (Å²) < 4.78 is 39.5. The number of hydrogen-bond acceptors (Lipinski definition) is 0. The van der Waals surface area contributed by atoms with Crippen molar-refractivity contribution in [1.82, 2.24) is 0 Å². The predicted octanol–water partition coefficient (Wildman–Crippen LogP) is 3.96. The van der Waals surface area contributed by atoms with Gasteiger partial charge in [0.2, 0.25) is 0 Å². The summed E-state index contributed by atoms with van der Waals surface area (Å²) in [7, 11) is 0. The maximum atomic E-state index is 7.85. The minimum Gasteiger partial charge on any atom is -0.0622 e. The fourth-order valence-corrected chi connectivity index (χ4v) is 1.37. The van der Waals surface area contributed by atoms with Crippen LogP contribution in [0.5, 0.6) is 0 Å². The summed E-state index contributed by atoms with van der Waals surface area (Å²) in [6, 6.07) is 5.91. The van der Waals surface area contributed by atoms with E-state index in [9.17, 15) is 0 Å². The van der Waals surface area contributed by atoms with Gasteiger partial charge in [-0.05, 0) is 45.9 Å². The molecule has 0 aliphatic rings. The van der Waals surface area contributed by atoms with Crippen LogP contribution in [-0.2, 0) is 0 Å². The second-order valence-corrected chi connectivity index (χ2v) is 3.75. The number of halogens is 1. The second-order valence-electron chi connectivity index (χ2n) is 2.51. The van der Waals surface area contributed by atoms with Crippen LogP contribution in [0.1, 0.15) is 6.85 Å². The van der Waals surface area contributed by atoms with Gasteiger partial charge in [-0.1, -0.05) is 42.3 Å². The Hall–Kier alpha value is -0.830. The molecule has 0 unspecified atom stereocenters. The van der Waals surface area contributed by atoms with Gasteiger partial charge in [-0.2, -0.15) is 0 Å². The maximum Gasteiger partial charge on any atom is 0.0629 e. The van der Waals surface area contributed by atoms with Crippen LogP contribution in [0.15, 0.2) is 54.5 Å². The highest BCUT2D eigenvalue weighted by molar-refractivity contribution is 14.1. The lowest BCUT2D eigenvalue weighted by molar-refractivity contribution is 1.59. The summed E-state index contributed by atoms with van der Waals surface area (Å²) in [5.74, 6) is 0. The molecule has 1 heteroatoms. The highest BCUT2D eigenvalue weighted by atomic mass is 127. The highest BCUT2D eigenvalue weighted by Crippen LogP contribution is 2.19. The molecule has 0 aromatic heterocycles. The smallest absolute Gasteiger partial charge is 0.0622 e. The summed E-state index contributed by atoms with van der Waals surface area (Å²) in [4.78, 5) is 0. The third-order valence-corrected chi connectivity index (χ3v) is 2.35. The fraction of sp³-hybridized carbons (Fsp3) is 0. The van der Waals surface area contributed by atoms with Gasteiger partial charge in [0.1, 0.15) is 0 Å². The normalized spacial score (nSPS) is 15.3. The Balaban J connectivity index is 2.75. The average molecular weight is 290 g/mol. The first kappa shape index (κ1) is 4.60. The summed E-state index contributed by atoms with van der Waals surface area (Å²) in [6.45, 7) is 0. The molecule has 2 rings (SSSR count). The number of hydrogen-bond donors (Lipinski definition) is 0. The molecule has 2 aromatic carbocycles. The van der Waals surface area contributed by atoms with E-state index >= 15 is 0 Å². The van der Waals surface area contributed by atoms with Gasteiger partial charge in [-0.25, -0.2) is 0 Å². The van der Waals surface area contributed by atoms with E-state index in [1.54, 1.807) is 12.1 Å². The summed E-state index contributed by atoms with van der Waals surface area (Å²) >= 11 is 2.15. The van der Waals surface area contributed by atoms with Crippen molar-refractivity contribution in [1.29, 1.82) is 0 Å². The zero-order valence-electron chi connectivity index (χ0n) is 11.7. The molecule has 0 N–H and O–H groups in total. The molecule has 0 aliphatic carbocycles. The fourth-order valence-electron chi connectivity index (χ4n) is 1.01. The van der Waals surface area contributed by atoms with Crippen molar-refractivity contribution in [3.63, 3.8) is 0 Å². The third kappa shape index (κ3) is 2.10. The molecule has 13 heavy (non-hydrogen) atoms. The lowest BCUT2D eigenvalue weighted by Crippen LogP contribution is -1.76. The maximum absolute atomic E-state index is 7.85. The Morgan fingerprint density at radius 1 is 0.846 bits per heavy atom. The largest absolute Gasteiger partial charge is 0.0629 e. The summed E-state index contributed by atoms with van der Waals surface area (Å²) in [5.41, 5.74) is 0.879. The first-order chi connectivity index (χ1) is 8.43. The van der Waals surface area contributed by atoms with Gasteiger partial charge in [0.15, 0.2) is 0 Å². The van der Waals surface area contributed by atoms with E-state index in [1.165, 1.54) is 0 Å². The Kier molecular flexibility index (Phi) is 1.39. The van der Waals surface area contributed by atoms with Gasteiger partial charge < -0.3 is 0 Å². The Morgan fingerprint density at radius 2 is 1.46 bits per heavy atom. The van der Waals surface area contributed by atoms with Gasteiger partial charge in [0.25, 0.3) is 0 Å². The van der Waals surface area contributed by atoms with E-state index in [0.717, 1.165) is 3.57 Å². The Bertz CT molecular complexity index is 578. The van der Waals surface area contributed by atoms with E-state index in [1.807, 2.05) is 12.1 Å². The monoisotopic (exact) mass is 290 g/mol. The van der Waals surface area contributed by atoms with Crippen LogP contribution >= 0.6 is 22.6 Å². The van der Waals surface area contributed by atoms with Crippen LogP contribution in [0.4, 0.5) is 0 Å². The molecule has 0 aliphatic heterocycles. The molecule has 0 spiro atoms. The molecular formula is C12H9I. The molecule has 0 fully saturated rings. The van der Waals surface area contributed by atoms with Crippen LogP contribution in [0, 0.1) is 3.57 Å². The first-order valence-electron chi connectivity index (χ1n) is 6.26. The van der Waals surface area contributed by atoms with E-state index in [0.29, 0.717) is 5.56 Å². The van der Waals surface area contributed by atoms with E-state index in [4.69, 9.17) is 6.85 Å². The van der Waals surface area contributed by atoms with Crippen molar-refractivity contribution < 1.29 is 6.85 Å². The van der Waals surface area contributed by atoms with Crippen molar-refractivity contribution in [2.45, 2.75) is 0 Å². The Morgan fingerprint density at radius 3 is 2.08 bits per heavy atom. The molecule has 0 saturated heterocycles. The molecule has 0 saturated carbocycles. The van der Waals surface area contributed by atoms with Crippen LogP contribution in [0.25, 0.3) is 11.1 Å². The Labute approximate surface area is 98.8 Å². The molecule has 0 nitrogen and oxygen atoms in total. The van der Waals surface area contributed by atoms with Crippen molar-refractivity contribution in [3.05, 3.63) is 58.0 Å². The summed E-state index contributed by atoms with van der Waals surface area (Å²) in [6.07, 6.45) is 0. The highest BCUT2D eigenvalue weighted by Gasteiger charge is 1.94. The molecule has 0 atom stereocenters. The molecule has 64 valence electrons. The van der Waals surface area contributed by atoms with Crippen LogP contribution in [0.3, 0.4) is 0 Å². The zero-order valence-corrected chi connectivity index (χ0v) is 8.84. The van der Waals surface area contributed by atoms with Crippen LogP contribution in [-0.4, -0.2) is 0 Å².